The van der Waals surface area contributed by atoms with Crippen LogP contribution in [0, 0.1) is 6.92 Å². The van der Waals surface area contributed by atoms with Gasteiger partial charge in [-0.05, 0) is 41.7 Å². The number of phenolic OH excluding ortho intramolecular Hbond substituents is 2. The molecule has 0 heterocycles. The molecule has 4 nitrogen and oxygen atoms in total. The summed E-state index contributed by atoms with van der Waals surface area (Å²) in [4.78, 5) is 12.2. The number of benzene rings is 2. The highest BCUT2D eigenvalue weighted by Gasteiger charge is 2.16. The van der Waals surface area contributed by atoms with E-state index in [2.05, 4.69) is 20.8 Å². The number of hydrogen-bond donors (Lipinski definition) is 2. The maximum absolute atomic E-state index is 12.2. The zero-order chi connectivity index (χ0) is 17.2. The SMILES string of the molecule is Cc1cc(C(=O)COc2ccc(C(C)(C)C)cc2)c(O)cc1O. The highest BCUT2D eigenvalue weighted by atomic mass is 16.5. The highest BCUT2D eigenvalue weighted by molar-refractivity contribution is 6.00. The normalized spacial score (nSPS) is 11.3. The van der Waals surface area contributed by atoms with Crippen LogP contribution in [0.2, 0.25) is 0 Å². The van der Waals surface area contributed by atoms with E-state index in [9.17, 15) is 15.0 Å². The molecule has 0 fully saturated rings. The van der Waals surface area contributed by atoms with Crippen LogP contribution in [0.3, 0.4) is 0 Å². The van der Waals surface area contributed by atoms with E-state index in [1.807, 2.05) is 24.3 Å². The molecule has 0 aliphatic rings. The topological polar surface area (TPSA) is 66.8 Å². The summed E-state index contributed by atoms with van der Waals surface area (Å²) in [5, 5.41) is 19.3. The van der Waals surface area contributed by atoms with Crippen molar-refractivity contribution in [2.24, 2.45) is 0 Å². The molecule has 0 aliphatic heterocycles. The van der Waals surface area contributed by atoms with Gasteiger partial charge in [-0.1, -0.05) is 32.9 Å². The Labute approximate surface area is 136 Å². The predicted molar refractivity (Wildman–Crippen MR) is 89.5 cm³/mol. The smallest absolute Gasteiger partial charge is 0.203 e. The first kappa shape index (κ1) is 16.9. The number of Topliss-reactive ketones (excluding diaryl/α,β-unsaturated/α-hetero) is 1. The monoisotopic (exact) mass is 314 g/mol. The Morgan fingerprint density at radius 1 is 1.04 bits per heavy atom. The van der Waals surface area contributed by atoms with Gasteiger partial charge in [-0.3, -0.25) is 4.79 Å². The van der Waals surface area contributed by atoms with Gasteiger partial charge in [-0.15, -0.1) is 0 Å². The van der Waals surface area contributed by atoms with Gasteiger partial charge in [0.2, 0.25) is 5.78 Å². The minimum atomic E-state index is -0.342. The molecule has 0 atom stereocenters. The average molecular weight is 314 g/mol. The minimum absolute atomic E-state index is 0.0438. The number of rotatable bonds is 4. The number of phenols is 2. The minimum Gasteiger partial charge on any atom is -0.508 e. The predicted octanol–water partition coefficient (Wildman–Crippen LogP) is 3.97. The van der Waals surface area contributed by atoms with Crippen LogP contribution in [0.5, 0.6) is 17.2 Å². The van der Waals surface area contributed by atoms with Gasteiger partial charge in [0.25, 0.3) is 0 Å². The number of aryl methyl sites for hydroxylation is 1. The molecule has 0 saturated carbocycles. The first-order chi connectivity index (χ1) is 10.7. The summed E-state index contributed by atoms with van der Waals surface area (Å²) in [6.45, 7) is 7.87. The summed E-state index contributed by atoms with van der Waals surface area (Å²) >= 11 is 0. The molecule has 0 bridgehead atoms. The average Bonchev–Trinajstić information content (AvgIpc) is 2.48. The Bertz CT molecular complexity index is 709. The first-order valence-corrected chi connectivity index (χ1v) is 7.47. The van der Waals surface area contributed by atoms with Crippen molar-refractivity contribution in [3.05, 3.63) is 53.1 Å². The van der Waals surface area contributed by atoms with Crippen molar-refractivity contribution in [3.63, 3.8) is 0 Å². The number of ether oxygens (including phenoxy) is 1. The fourth-order valence-electron chi connectivity index (χ4n) is 2.19. The Morgan fingerprint density at radius 2 is 1.65 bits per heavy atom. The zero-order valence-electron chi connectivity index (χ0n) is 13.9. The van der Waals surface area contributed by atoms with E-state index in [1.54, 1.807) is 6.92 Å². The molecule has 2 N–H and O–H groups in total. The van der Waals surface area contributed by atoms with Crippen LogP contribution in [0.25, 0.3) is 0 Å². The van der Waals surface area contributed by atoms with E-state index in [0.717, 1.165) is 0 Å². The molecule has 0 saturated heterocycles. The molecule has 0 spiro atoms. The third-order valence-corrected chi connectivity index (χ3v) is 3.70. The van der Waals surface area contributed by atoms with Gasteiger partial charge in [0.05, 0.1) is 5.56 Å². The third kappa shape index (κ3) is 4.03. The summed E-state index contributed by atoms with van der Waals surface area (Å²) in [6, 6.07) is 10.2. The molecule has 2 rings (SSSR count). The van der Waals surface area contributed by atoms with E-state index >= 15 is 0 Å². The quantitative estimate of drug-likeness (QED) is 0.838. The van der Waals surface area contributed by atoms with Crippen LogP contribution in [0.4, 0.5) is 0 Å². The lowest BCUT2D eigenvalue weighted by molar-refractivity contribution is 0.0918. The largest absolute Gasteiger partial charge is 0.508 e. The van der Waals surface area contributed by atoms with E-state index < -0.39 is 0 Å². The van der Waals surface area contributed by atoms with Crippen LogP contribution < -0.4 is 4.74 Å². The van der Waals surface area contributed by atoms with Gasteiger partial charge in [-0.25, -0.2) is 0 Å². The summed E-state index contributed by atoms with van der Waals surface area (Å²) in [5.41, 5.74) is 1.92. The van der Waals surface area contributed by atoms with Crippen LogP contribution in [0.1, 0.15) is 42.3 Å². The number of hydrogen-bond acceptors (Lipinski definition) is 4. The maximum atomic E-state index is 12.2. The second-order valence-electron chi connectivity index (χ2n) is 6.64. The van der Waals surface area contributed by atoms with E-state index in [4.69, 9.17) is 4.74 Å². The second kappa shape index (κ2) is 6.32. The Balaban J connectivity index is 2.06. The highest BCUT2D eigenvalue weighted by Crippen LogP contribution is 2.28. The van der Waals surface area contributed by atoms with Crippen LogP contribution in [-0.2, 0) is 5.41 Å². The number of carbonyl (C=O) groups excluding carboxylic acids is 1. The molecule has 0 radical (unpaired) electrons. The molecule has 4 heteroatoms. The molecular formula is C19H22O4. The van der Waals surface area contributed by atoms with Crippen molar-refractivity contribution in [1.29, 1.82) is 0 Å². The van der Waals surface area contributed by atoms with Crippen LogP contribution >= 0.6 is 0 Å². The fraction of sp³-hybridized carbons (Fsp3) is 0.316. The summed E-state index contributed by atoms with van der Waals surface area (Å²) in [5.74, 6) is -0.0330. The second-order valence-corrected chi connectivity index (χ2v) is 6.64. The lowest BCUT2D eigenvalue weighted by Gasteiger charge is -2.19. The van der Waals surface area contributed by atoms with Crippen molar-refractivity contribution < 1.29 is 19.7 Å². The standard InChI is InChI=1S/C19H22O4/c1-12-9-15(17(21)10-16(12)20)18(22)11-23-14-7-5-13(6-8-14)19(2,3)4/h5-10,20-21H,11H2,1-4H3. The molecule has 0 amide bonds. The Kier molecular flexibility index (Phi) is 4.64. The van der Waals surface area contributed by atoms with Crippen molar-refractivity contribution in [2.75, 3.05) is 6.61 Å². The lowest BCUT2D eigenvalue weighted by atomic mass is 9.87. The van der Waals surface area contributed by atoms with Gasteiger partial charge in [0.15, 0.2) is 6.61 Å². The van der Waals surface area contributed by atoms with Gasteiger partial charge in [0, 0.05) is 6.07 Å². The van der Waals surface area contributed by atoms with Crippen molar-refractivity contribution in [3.8, 4) is 17.2 Å². The van der Waals surface area contributed by atoms with Gasteiger partial charge in [0.1, 0.15) is 17.2 Å². The molecule has 0 aromatic heterocycles. The van der Waals surface area contributed by atoms with Gasteiger partial charge in [-0.2, -0.15) is 0 Å². The molecule has 23 heavy (non-hydrogen) atoms. The molecule has 2 aromatic carbocycles. The zero-order valence-corrected chi connectivity index (χ0v) is 13.9. The Hall–Kier alpha value is -2.49. The van der Waals surface area contributed by atoms with Gasteiger partial charge >= 0.3 is 0 Å². The third-order valence-electron chi connectivity index (χ3n) is 3.70. The van der Waals surface area contributed by atoms with Crippen molar-refractivity contribution in [1.82, 2.24) is 0 Å². The first-order valence-electron chi connectivity index (χ1n) is 7.47. The summed E-state index contributed by atoms with van der Waals surface area (Å²) in [6.07, 6.45) is 0. The number of ketones is 1. The van der Waals surface area contributed by atoms with Crippen molar-refractivity contribution in [2.45, 2.75) is 33.1 Å². The van der Waals surface area contributed by atoms with E-state index in [1.165, 1.54) is 17.7 Å². The summed E-state index contributed by atoms with van der Waals surface area (Å²) < 4.78 is 5.49. The molecule has 0 aliphatic carbocycles. The number of carbonyl (C=O) groups is 1. The van der Waals surface area contributed by atoms with Gasteiger partial charge < -0.3 is 14.9 Å². The molecular weight excluding hydrogens is 292 g/mol. The number of aromatic hydroxyl groups is 2. The molecule has 122 valence electrons. The van der Waals surface area contributed by atoms with Crippen LogP contribution in [-0.4, -0.2) is 22.6 Å². The van der Waals surface area contributed by atoms with Crippen molar-refractivity contribution >= 4 is 5.78 Å². The fourth-order valence-corrected chi connectivity index (χ4v) is 2.19. The maximum Gasteiger partial charge on any atom is 0.203 e. The lowest BCUT2D eigenvalue weighted by Crippen LogP contribution is -2.13. The molecule has 2 aromatic rings. The molecule has 0 unspecified atom stereocenters. The Morgan fingerprint density at radius 3 is 2.22 bits per heavy atom. The van der Waals surface area contributed by atoms with E-state index in [-0.39, 0.29) is 34.9 Å². The summed E-state index contributed by atoms with van der Waals surface area (Å²) in [7, 11) is 0. The van der Waals surface area contributed by atoms with Crippen LogP contribution in [0.15, 0.2) is 36.4 Å². The van der Waals surface area contributed by atoms with E-state index in [0.29, 0.717) is 11.3 Å².